The quantitative estimate of drug-likeness (QED) is 0.698. The van der Waals surface area contributed by atoms with E-state index in [1.54, 1.807) is 0 Å². The van der Waals surface area contributed by atoms with E-state index in [0.717, 1.165) is 12.2 Å². The average molecular weight is 240 g/mol. The van der Waals surface area contributed by atoms with E-state index in [1.165, 1.54) is 7.05 Å². The molecule has 1 aliphatic carbocycles. The summed E-state index contributed by atoms with van der Waals surface area (Å²) in [6.07, 6.45) is -2.64. The van der Waals surface area contributed by atoms with Gasteiger partial charge in [-0.15, -0.1) is 11.6 Å². The van der Waals surface area contributed by atoms with Crippen molar-refractivity contribution in [3.8, 4) is 0 Å². The first-order chi connectivity index (χ1) is 6.86. The summed E-state index contributed by atoms with van der Waals surface area (Å²) in [6.45, 7) is 0. The summed E-state index contributed by atoms with van der Waals surface area (Å²) in [4.78, 5) is 11.2. The first-order valence-electron chi connectivity index (χ1n) is 4.21. The van der Waals surface area contributed by atoms with Crippen LogP contribution in [-0.2, 0) is 4.79 Å². The lowest BCUT2D eigenvalue weighted by Gasteiger charge is -2.19. The number of carbonyl (C=O) groups excluding carboxylic acids is 1. The summed E-state index contributed by atoms with van der Waals surface area (Å²) in [7, 11) is 1.35. The molecular formula is C9H9ClF3NO. The Labute approximate surface area is 89.8 Å². The number of allylic oxidation sites excluding steroid dienone is 3. The average Bonchev–Trinajstić information content (AvgIpc) is 2.15. The molecule has 0 saturated carbocycles. The minimum atomic E-state index is -4.43. The normalized spacial score (nSPS) is 21.8. The van der Waals surface area contributed by atoms with Crippen molar-refractivity contribution in [3.05, 3.63) is 23.3 Å². The summed E-state index contributed by atoms with van der Waals surface area (Å²) in [5, 5.41) is 1.55. The molecule has 0 fully saturated rings. The topological polar surface area (TPSA) is 29.1 Å². The highest BCUT2D eigenvalue weighted by Gasteiger charge is 2.35. The van der Waals surface area contributed by atoms with Crippen molar-refractivity contribution in [1.82, 2.24) is 5.32 Å². The zero-order valence-electron chi connectivity index (χ0n) is 7.86. The van der Waals surface area contributed by atoms with Crippen molar-refractivity contribution in [2.75, 3.05) is 7.05 Å². The Morgan fingerprint density at radius 2 is 2.20 bits per heavy atom. The fourth-order valence-corrected chi connectivity index (χ4v) is 1.48. The predicted octanol–water partition coefficient (Wildman–Crippen LogP) is 2.16. The Kier molecular flexibility index (Phi) is 3.44. The maximum Gasteiger partial charge on any atom is 0.416 e. The van der Waals surface area contributed by atoms with E-state index >= 15 is 0 Å². The van der Waals surface area contributed by atoms with Crippen molar-refractivity contribution in [2.24, 2.45) is 0 Å². The smallest absolute Gasteiger partial charge is 0.355 e. The SMILES string of the molecule is CNC(=O)C1=CC(C(F)(F)F)=CCC1Cl. The summed E-state index contributed by atoms with van der Waals surface area (Å²) in [5.41, 5.74) is -0.869. The summed E-state index contributed by atoms with van der Waals surface area (Å²) in [5.74, 6) is -0.579. The molecule has 0 bridgehead atoms. The van der Waals surface area contributed by atoms with Gasteiger partial charge in [0.25, 0.3) is 0 Å². The Morgan fingerprint density at radius 1 is 1.60 bits per heavy atom. The first-order valence-corrected chi connectivity index (χ1v) is 4.65. The van der Waals surface area contributed by atoms with E-state index in [2.05, 4.69) is 5.32 Å². The highest BCUT2D eigenvalue weighted by Crippen LogP contribution is 2.33. The molecule has 1 aliphatic rings. The van der Waals surface area contributed by atoms with Crippen LogP contribution < -0.4 is 5.32 Å². The molecule has 0 aromatic heterocycles. The zero-order valence-corrected chi connectivity index (χ0v) is 8.62. The minimum absolute atomic E-state index is 0.00958. The molecule has 15 heavy (non-hydrogen) atoms. The molecule has 0 aromatic rings. The second-order valence-corrected chi connectivity index (χ2v) is 3.57. The summed E-state index contributed by atoms with van der Waals surface area (Å²) >= 11 is 5.73. The number of rotatable bonds is 1. The van der Waals surface area contributed by atoms with Crippen molar-refractivity contribution >= 4 is 17.5 Å². The second-order valence-electron chi connectivity index (χ2n) is 3.04. The molecule has 84 valence electrons. The number of carbonyl (C=O) groups is 1. The van der Waals surface area contributed by atoms with E-state index < -0.39 is 23.0 Å². The van der Waals surface area contributed by atoms with Crippen LogP contribution in [0.1, 0.15) is 6.42 Å². The van der Waals surface area contributed by atoms with Crippen molar-refractivity contribution in [1.29, 1.82) is 0 Å². The van der Waals surface area contributed by atoms with Gasteiger partial charge in [0.1, 0.15) is 0 Å². The molecule has 0 radical (unpaired) electrons. The molecule has 0 saturated heterocycles. The number of halogens is 4. The van der Waals surface area contributed by atoms with E-state index in [-0.39, 0.29) is 12.0 Å². The highest BCUT2D eigenvalue weighted by molar-refractivity contribution is 6.26. The zero-order chi connectivity index (χ0) is 11.6. The molecular weight excluding hydrogens is 231 g/mol. The second kappa shape index (κ2) is 4.26. The Balaban J connectivity index is 3.00. The minimum Gasteiger partial charge on any atom is -0.355 e. The van der Waals surface area contributed by atoms with Crippen LogP contribution in [0.25, 0.3) is 0 Å². The Morgan fingerprint density at radius 3 is 2.67 bits per heavy atom. The van der Waals surface area contributed by atoms with Crippen LogP contribution in [0, 0.1) is 0 Å². The van der Waals surface area contributed by atoms with Gasteiger partial charge in [0.15, 0.2) is 0 Å². The maximum atomic E-state index is 12.3. The van der Waals surface area contributed by atoms with Crippen LogP contribution in [0.5, 0.6) is 0 Å². The number of amides is 1. The monoisotopic (exact) mass is 239 g/mol. The predicted molar refractivity (Wildman–Crippen MR) is 50.5 cm³/mol. The number of likely N-dealkylation sites (N-methyl/N-ethyl adjacent to an activating group) is 1. The van der Waals surface area contributed by atoms with Crippen LogP contribution >= 0.6 is 11.6 Å². The first kappa shape index (κ1) is 12.1. The van der Waals surface area contributed by atoms with E-state index in [1.807, 2.05) is 0 Å². The third-order valence-electron chi connectivity index (χ3n) is 2.01. The van der Waals surface area contributed by atoms with Gasteiger partial charge in [0.2, 0.25) is 5.91 Å². The highest BCUT2D eigenvalue weighted by atomic mass is 35.5. The van der Waals surface area contributed by atoms with E-state index in [9.17, 15) is 18.0 Å². The number of hydrogen-bond donors (Lipinski definition) is 1. The summed E-state index contributed by atoms with van der Waals surface area (Å²) in [6, 6.07) is 0. The van der Waals surface area contributed by atoms with Gasteiger partial charge < -0.3 is 5.32 Å². The van der Waals surface area contributed by atoms with E-state index in [0.29, 0.717) is 0 Å². The van der Waals surface area contributed by atoms with Gasteiger partial charge in [0, 0.05) is 12.6 Å². The Bertz CT molecular complexity index is 333. The lowest BCUT2D eigenvalue weighted by Crippen LogP contribution is -2.28. The van der Waals surface area contributed by atoms with Crippen molar-refractivity contribution in [2.45, 2.75) is 18.0 Å². The number of alkyl halides is 4. The van der Waals surface area contributed by atoms with Crippen LogP contribution in [0.4, 0.5) is 13.2 Å². The molecule has 0 aliphatic heterocycles. The largest absolute Gasteiger partial charge is 0.416 e. The van der Waals surface area contributed by atoms with Crippen LogP contribution in [-0.4, -0.2) is 24.5 Å². The summed E-state index contributed by atoms with van der Waals surface area (Å²) < 4.78 is 37.0. The van der Waals surface area contributed by atoms with Crippen LogP contribution in [0.2, 0.25) is 0 Å². The third-order valence-corrected chi connectivity index (χ3v) is 2.42. The number of nitrogens with one attached hydrogen (secondary N) is 1. The maximum absolute atomic E-state index is 12.3. The third kappa shape index (κ3) is 2.75. The van der Waals surface area contributed by atoms with Gasteiger partial charge in [-0.25, -0.2) is 0 Å². The van der Waals surface area contributed by atoms with Crippen LogP contribution in [0.3, 0.4) is 0 Å². The van der Waals surface area contributed by atoms with Gasteiger partial charge in [-0.1, -0.05) is 6.08 Å². The molecule has 6 heteroatoms. The van der Waals surface area contributed by atoms with Crippen LogP contribution in [0.15, 0.2) is 23.3 Å². The van der Waals surface area contributed by atoms with Gasteiger partial charge in [0.05, 0.1) is 11.0 Å². The van der Waals surface area contributed by atoms with Crippen molar-refractivity contribution < 1.29 is 18.0 Å². The fourth-order valence-electron chi connectivity index (χ4n) is 1.22. The molecule has 2 nitrogen and oxygen atoms in total. The van der Waals surface area contributed by atoms with Gasteiger partial charge in [-0.3, -0.25) is 4.79 Å². The Hall–Kier alpha value is -0.970. The van der Waals surface area contributed by atoms with Gasteiger partial charge in [-0.2, -0.15) is 13.2 Å². The van der Waals surface area contributed by atoms with Crippen molar-refractivity contribution in [3.63, 3.8) is 0 Å². The van der Waals surface area contributed by atoms with E-state index in [4.69, 9.17) is 11.6 Å². The molecule has 1 atom stereocenters. The molecule has 0 heterocycles. The number of hydrogen-bond acceptors (Lipinski definition) is 1. The lowest BCUT2D eigenvalue weighted by atomic mass is 9.98. The molecule has 1 unspecified atom stereocenters. The lowest BCUT2D eigenvalue weighted by molar-refractivity contribution is -0.117. The van der Waals surface area contributed by atoms with Gasteiger partial charge in [-0.05, 0) is 12.5 Å². The molecule has 1 amide bonds. The molecule has 0 aromatic carbocycles. The molecule has 1 N–H and O–H groups in total. The molecule has 1 rings (SSSR count). The molecule has 0 spiro atoms. The fraction of sp³-hybridized carbons (Fsp3) is 0.444. The standard InChI is InChI=1S/C9H9ClF3NO/c1-14-8(15)6-4-5(9(11,12)13)2-3-7(6)10/h2,4,7H,3H2,1H3,(H,14,15). The van der Waals surface area contributed by atoms with Gasteiger partial charge >= 0.3 is 6.18 Å².